The highest BCUT2D eigenvalue weighted by molar-refractivity contribution is 7.16. The van der Waals surface area contributed by atoms with Gasteiger partial charge in [-0.15, -0.1) is 10.2 Å². The summed E-state index contributed by atoms with van der Waals surface area (Å²) >= 11 is 1.61. The fraction of sp³-hybridized carbons (Fsp3) is 0.769. The lowest BCUT2D eigenvalue weighted by Crippen LogP contribution is -2.36. The Morgan fingerprint density at radius 3 is 2.68 bits per heavy atom. The number of fused-ring (bicyclic) bond motifs is 1. The quantitative estimate of drug-likeness (QED) is 0.936. The average molecular weight is 279 g/mol. The fourth-order valence-electron chi connectivity index (χ4n) is 2.17. The van der Waals surface area contributed by atoms with E-state index in [-0.39, 0.29) is 11.5 Å². The number of hydrogen-bond donors (Lipinski definition) is 1. The normalized spacial score (nSPS) is 18.7. The third-order valence-electron chi connectivity index (χ3n) is 4.03. The van der Waals surface area contributed by atoms with Gasteiger partial charge >= 0.3 is 0 Å². The van der Waals surface area contributed by atoms with E-state index in [1.54, 1.807) is 11.3 Å². The Bertz CT molecular complexity index is 575. The molecule has 0 saturated heterocycles. The maximum Gasteiger partial charge on any atom is 0.234 e. The standard InChI is InChI=1S/C13H21N5S/c1-13(2,3)9(14)7-10-17-18-11(8-5-4-6-8)15-16-12(18)19-10/h8-9H,4-7,14H2,1-3H3. The van der Waals surface area contributed by atoms with E-state index in [1.807, 2.05) is 4.52 Å². The molecule has 0 aliphatic heterocycles. The van der Waals surface area contributed by atoms with Gasteiger partial charge in [-0.2, -0.15) is 9.61 Å². The molecule has 1 aliphatic carbocycles. The Labute approximate surface area is 117 Å². The topological polar surface area (TPSA) is 69.1 Å². The van der Waals surface area contributed by atoms with Gasteiger partial charge in [-0.25, -0.2) is 0 Å². The van der Waals surface area contributed by atoms with Crippen molar-refractivity contribution in [2.45, 2.75) is 58.4 Å². The van der Waals surface area contributed by atoms with Crippen molar-refractivity contribution in [2.24, 2.45) is 11.1 Å². The lowest BCUT2D eigenvalue weighted by atomic mass is 9.85. The molecule has 2 heterocycles. The summed E-state index contributed by atoms with van der Waals surface area (Å²) in [6, 6.07) is 0.114. The Balaban J connectivity index is 1.84. The van der Waals surface area contributed by atoms with Crippen molar-refractivity contribution in [3.8, 4) is 0 Å². The molecule has 0 spiro atoms. The van der Waals surface area contributed by atoms with Gasteiger partial charge < -0.3 is 5.73 Å². The van der Waals surface area contributed by atoms with Crippen LogP contribution in [0.2, 0.25) is 0 Å². The second kappa shape index (κ2) is 4.52. The van der Waals surface area contributed by atoms with E-state index < -0.39 is 0 Å². The first-order chi connectivity index (χ1) is 8.95. The van der Waals surface area contributed by atoms with Crippen LogP contribution in [0.25, 0.3) is 4.96 Å². The molecule has 2 N–H and O–H groups in total. The molecule has 5 nitrogen and oxygen atoms in total. The first-order valence-electron chi connectivity index (χ1n) is 6.92. The molecule has 104 valence electrons. The molecule has 1 atom stereocenters. The summed E-state index contributed by atoms with van der Waals surface area (Å²) in [4.78, 5) is 0.901. The van der Waals surface area contributed by atoms with Gasteiger partial charge in [0.05, 0.1) is 0 Å². The zero-order valence-corrected chi connectivity index (χ0v) is 12.6. The smallest absolute Gasteiger partial charge is 0.234 e. The number of rotatable bonds is 3. The lowest BCUT2D eigenvalue weighted by Gasteiger charge is -2.26. The molecular formula is C13H21N5S. The second-order valence-electron chi connectivity index (χ2n) is 6.55. The maximum absolute atomic E-state index is 6.23. The Hall–Kier alpha value is -1.01. The minimum Gasteiger partial charge on any atom is -0.327 e. The molecule has 2 aromatic rings. The summed E-state index contributed by atoms with van der Waals surface area (Å²) in [5.74, 6) is 1.59. The van der Waals surface area contributed by atoms with Crippen LogP contribution in [-0.4, -0.2) is 25.9 Å². The van der Waals surface area contributed by atoms with Crippen LogP contribution in [0.15, 0.2) is 0 Å². The number of nitrogens with two attached hydrogens (primary N) is 1. The first-order valence-corrected chi connectivity index (χ1v) is 7.73. The summed E-state index contributed by atoms with van der Waals surface area (Å²) in [6.45, 7) is 6.49. The summed E-state index contributed by atoms with van der Waals surface area (Å²) in [6.07, 6.45) is 4.54. The van der Waals surface area contributed by atoms with Gasteiger partial charge in [0.25, 0.3) is 0 Å². The van der Waals surface area contributed by atoms with Crippen molar-refractivity contribution in [1.82, 2.24) is 19.8 Å². The van der Waals surface area contributed by atoms with E-state index in [0.29, 0.717) is 5.92 Å². The van der Waals surface area contributed by atoms with Crippen LogP contribution in [0, 0.1) is 5.41 Å². The van der Waals surface area contributed by atoms with Gasteiger partial charge in [-0.05, 0) is 18.3 Å². The third kappa shape index (κ3) is 2.39. The Kier molecular flexibility index (Phi) is 3.09. The third-order valence-corrected chi connectivity index (χ3v) is 4.96. The molecule has 1 fully saturated rings. The zero-order chi connectivity index (χ0) is 13.6. The largest absolute Gasteiger partial charge is 0.327 e. The monoisotopic (exact) mass is 279 g/mol. The van der Waals surface area contributed by atoms with Crippen LogP contribution in [-0.2, 0) is 6.42 Å². The molecule has 0 aromatic carbocycles. The van der Waals surface area contributed by atoms with E-state index in [4.69, 9.17) is 5.73 Å². The van der Waals surface area contributed by atoms with Crippen molar-refractivity contribution in [1.29, 1.82) is 0 Å². The van der Waals surface area contributed by atoms with Gasteiger partial charge in [0, 0.05) is 18.4 Å². The summed E-state index contributed by atoms with van der Waals surface area (Å²) in [5.41, 5.74) is 6.33. The molecule has 0 amide bonds. The highest BCUT2D eigenvalue weighted by Crippen LogP contribution is 2.35. The van der Waals surface area contributed by atoms with E-state index >= 15 is 0 Å². The van der Waals surface area contributed by atoms with E-state index in [1.165, 1.54) is 19.3 Å². The molecule has 0 bridgehead atoms. The predicted molar refractivity (Wildman–Crippen MR) is 76.4 cm³/mol. The second-order valence-corrected chi connectivity index (χ2v) is 7.59. The minimum absolute atomic E-state index is 0.100. The van der Waals surface area contributed by atoms with Gasteiger partial charge in [0.2, 0.25) is 4.96 Å². The summed E-state index contributed by atoms with van der Waals surface area (Å²) in [5, 5.41) is 14.2. The van der Waals surface area contributed by atoms with Crippen LogP contribution >= 0.6 is 11.3 Å². The van der Waals surface area contributed by atoms with Gasteiger partial charge in [0.15, 0.2) is 5.82 Å². The number of aromatic nitrogens is 4. The molecule has 1 aliphatic rings. The molecule has 0 radical (unpaired) electrons. The summed E-state index contributed by atoms with van der Waals surface area (Å²) < 4.78 is 1.93. The molecule has 3 rings (SSSR count). The van der Waals surface area contributed by atoms with Crippen molar-refractivity contribution in [2.75, 3.05) is 0 Å². The van der Waals surface area contributed by atoms with Crippen LogP contribution < -0.4 is 5.73 Å². The maximum atomic E-state index is 6.23. The average Bonchev–Trinajstić information content (AvgIpc) is 2.76. The zero-order valence-electron chi connectivity index (χ0n) is 11.8. The van der Waals surface area contributed by atoms with E-state index in [2.05, 4.69) is 36.1 Å². The van der Waals surface area contributed by atoms with Crippen molar-refractivity contribution >= 4 is 16.3 Å². The van der Waals surface area contributed by atoms with Gasteiger partial charge in [0.1, 0.15) is 5.01 Å². The lowest BCUT2D eigenvalue weighted by molar-refractivity contribution is 0.317. The molecule has 19 heavy (non-hydrogen) atoms. The van der Waals surface area contributed by atoms with Crippen LogP contribution in [0.5, 0.6) is 0 Å². The van der Waals surface area contributed by atoms with Crippen LogP contribution in [0.4, 0.5) is 0 Å². The van der Waals surface area contributed by atoms with Crippen molar-refractivity contribution < 1.29 is 0 Å². The van der Waals surface area contributed by atoms with E-state index in [9.17, 15) is 0 Å². The highest BCUT2D eigenvalue weighted by Gasteiger charge is 2.27. The Morgan fingerprint density at radius 2 is 2.11 bits per heavy atom. The number of hydrogen-bond acceptors (Lipinski definition) is 5. The highest BCUT2D eigenvalue weighted by atomic mass is 32.1. The van der Waals surface area contributed by atoms with Gasteiger partial charge in [-0.1, -0.05) is 38.5 Å². The number of nitrogens with zero attached hydrogens (tertiary/aromatic N) is 4. The van der Waals surface area contributed by atoms with Crippen LogP contribution in [0.3, 0.4) is 0 Å². The Morgan fingerprint density at radius 1 is 1.37 bits per heavy atom. The molecular weight excluding hydrogens is 258 g/mol. The fourth-order valence-corrected chi connectivity index (χ4v) is 3.07. The molecule has 6 heteroatoms. The minimum atomic E-state index is 0.100. The SMILES string of the molecule is CC(C)(C)C(N)Cc1nn2c(C3CCC3)nnc2s1. The summed E-state index contributed by atoms with van der Waals surface area (Å²) in [7, 11) is 0. The van der Waals surface area contributed by atoms with Crippen molar-refractivity contribution in [3.63, 3.8) is 0 Å². The van der Waals surface area contributed by atoms with Gasteiger partial charge in [-0.3, -0.25) is 0 Å². The first kappa shape index (κ1) is 13.0. The molecule has 1 unspecified atom stereocenters. The van der Waals surface area contributed by atoms with Crippen molar-refractivity contribution in [3.05, 3.63) is 10.8 Å². The van der Waals surface area contributed by atoms with E-state index in [0.717, 1.165) is 22.2 Å². The molecule has 2 aromatic heterocycles. The molecule has 1 saturated carbocycles. The van der Waals surface area contributed by atoms with Crippen LogP contribution in [0.1, 0.15) is 56.8 Å². The predicted octanol–water partition coefficient (Wildman–Crippen LogP) is 2.37.